The van der Waals surface area contributed by atoms with Gasteiger partial charge in [-0.3, -0.25) is 4.79 Å². The van der Waals surface area contributed by atoms with Gasteiger partial charge in [-0.25, -0.2) is 0 Å². The van der Waals surface area contributed by atoms with Crippen LogP contribution in [0.25, 0.3) is 10.9 Å². The van der Waals surface area contributed by atoms with Crippen LogP contribution in [0.3, 0.4) is 0 Å². The Labute approximate surface area is 122 Å². The molecule has 1 saturated heterocycles. The zero-order chi connectivity index (χ0) is 14.6. The largest absolute Gasteiger partial charge is 0.399 e. The number of nitrogen functional groups attached to an aromatic ring is 1. The summed E-state index contributed by atoms with van der Waals surface area (Å²) in [5.74, 6) is 0.740. The number of hydrogen-bond donors (Lipinski definition) is 3. The third-order valence-corrected chi connectivity index (χ3v) is 4.98. The van der Waals surface area contributed by atoms with Crippen molar-refractivity contribution in [2.75, 3.05) is 18.8 Å². The number of aliphatic hydroxyl groups excluding tert-OH is 1. The van der Waals surface area contributed by atoms with Crippen LogP contribution in [0.4, 0.5) is 5.69 Å². The number of nitrogens with two attached hydrogens (primary N) is 1. The number of carbonyl (C=O) groups excluding carboxylic acids is 1. The van der Waals surface area contributed by atoms with Crippen LogP contribution in [0.1, 0.15) is 23.3 Å². The molecule has 1 aliphatic carbocycles. The second-order valence-electron chi connectivity index (χ2n) is 6.31. The summed E-state index contributed by atoms with van der Waals surface area (Å²) in [6, 6.07) is 7.44. The minimum atomic E-state index is -0.240. The first-order chi connectivity index (χ1) is 10.1. The van der Waals surface area contributed by atoms with Crippen molar-refractivity contribution in [3.05, 3.63) is 30.0 Å². The predicted octanol–water partition coefficient (Wildman–Crippen LogP) is 1.59. The molecule has 1 aliphatic heterocycles. The molecule has 3 atom stereocenters. The van der Waals surface area contributed by atoms with Crippen molar-refractivity contribution < 1.29 is 9.90 Å². The van der Waals surface area contributed by atoms with E-state index in [0.29, 0.717) is 23.8 Å². The Morgan fingerprint density at radius 2 is 2.14 bits per heavy atom. The Morgan fingerprint density at radius 1 is 1.29 bits per heavy atom. The lowest BCUT2D eigenvalue weighted by molar-refractivity contribution is 0.0747. The SMILES string of the molecule is Nc1ccc2[nH]c(C(=O)N3CC4CCC(O)C4C3)cc2c1. The van der Waals surface area contributed by atoms with Gasteiger partial charge in [0.15, 0.2) is 0 Å². The van der Waals surface area contributed by atoms with Gasteiger partial charge >= 0.3 is 0 Å². The highest BCUT2D eigenvalue weighted by atomic mass is 16.3. The Bertz CT molecular complexity index is 709. The molecule has 2 heterocycles. The Hall–Kier alpha value is -2.01. The molecule has 1 aromatic heterocycles. The number of nitrogens with one attached hydrogen (secondary N) is 1. The fourth-order valence-corrected chi connectivity index (χ4v) is 3.84. The van der Waals surface area contributed by atoms with E-state index in [4.69, 9.17) is 5.73 Å². The zero-order valence-corrected chi connectivity index (χ0v) is 11.7. The Balaban J connectivity index is 1.59. The average molecular weight is 285 g/mol. The van der Waals surface area contributed by atoms with E-state index < -0.39 is 0 Å². The Kier molecular flexibility index (Phi) is 2.72. The van der Waals surface area contributed by atoms with E-state index in [1.807, 2.05) is 29.2 Å². The van der Waals surface area contributed by atoms with Crippen molar-refractivity contribution in [2.24, 2.45) is 11.8 Å². The van der Waals surface area contributed by atoms with E-state index in [1.54, 1.807) is 0 Å². The standard InChI is InChI=1S/C16H19N3O2/c17-11-2-3-13-10(5-11)6-14(18-13)16(21)19-7-9-1-4-15(20)12(9)8-19/h2-3,5-6,9,12,15,18,20H,1,4,7-8,17H2. The number of amides is 1. The fourth-order valence-electron chi connectivity index (χ4n) is 3.84. The topological polar surface area (TPSA) is 82.4 Å². The van der Waals surface area contributed by atoms with Crippen LogP contribution in [-0.2, 0) is 0 Å². The summed E-state index contributed by atoms with van der Waals surface area (Å²) in [4.78, 5) is 17.7. The lowest BCUT2D eigenvalue weighted by Gasteiger charge is -2.17. The van der Waals surface area contributed by atoms with Crippen molar-refractivity contribution in [1.29, 1.82) is 0 Å². The summed E-state index contributed by atoms with van der Waals surface area (Å²) >= 11 is 0. The van der Waals surface area contributed by atoms with Crippen molar-refractivity contribution in [3.8, 4) is 0 Å². The van der Waals surface area contributed by atoms with E-state index in [1.165, 1.54) is 0 Å². The highest BCUT2D eigenvalue weighted by Gasteiger charge is 2.43. The van der Waals surface area contributed by atoms with Gasteiger partial charge in [0, 0.05) is 35.6 Å². The second kappa shape index (κ2) is 4.49. The van der Waals surface area contributed by atoms with Crippen molar-refractivity contribution in [1.82, 2.24) is 9.88 Å². The Morgan fingerprint density at radius 3 is 2.95 bits per heavy atom. The van der Waals surface area contributed by atoms with Crippen molar-refractivity contribution in [3.63, 3.8) is 0 Å². The van der Waals surface area contributed by atoms with E-state index in [2.05, 4.69) is 4.98 Å². The average Bonchev–Trinajstić information content (AvgIpc) is 3.13. The summed E-state index contributed by atoms with van der Waals surface area (Å²) in [6.45, 7) is 1.43. The van der Waals surface area contributed by atoms with E-state index in [0.717, 1.165) is 30.3 Å². The van der Waals surface area contributed by atoms with E-state index in [9.17, 15) is 9.90 Å². The number of H-pyrrole nitrogens is 1. The van der Waals surface area contributed by atoms with E-state index in [-0.39, 0.29) is 17.9 Å². The van der Waals surface area contributed by atoms with Crippen LogP contribution >= 0.6 is 0 Å². The quantitative estimate of drug-likeness (QED) is 0.696. The van der Waals surface area contributed by atoms with Crippen LogP contribution in [0, 0.1) is 11.8 Å². The molecule has 2 fully saturated rings. The van der Waals surface area contributed by atoms with Crippen molar-refractivity contribution >= 4 is 22.5 Å². The van der Waals surface area contributed by atoms with Crippen LogP contribution in [0.2, 0.25) is 0 Å². The molecule has 5 nitrogen and oxygen atoms in total. The van der Waals surface area contributed by atoms with Crippen LogP contribution in [0.15, 0.2) is 24.3 Å². The van der Waals surface area contributed by atoms with Gasteiger partial charge in [-0.1, -0.05) is 0 Å². The molecule has 2 aliphatic rings. The van der Waals surface area contributed by atoms with E-state index >= 15 is 0 Å². The first kappa shape index (κ1) is 12.7. The lowest BCUT2D eigenvalue weighted by atomic mass is 10.00. The number of aliphatic hydroxyl groups is 1. The number of carbonyl (C=O) groups is 1. The number of aromatic nitrogens is 1. The molecule has 1 saturated carbocycles. The number of aromatic amines is 1. The normalized spacial score (nSPS) is 28.2. The minimum absolute atomic E-state index is 0.0198. The monoisotopic (exact) mass is 285 g/mol. The molecule has 0 spiro atoms. The number of fused-ring (bicyclic) bond motifs is 2. The third kappa shape index (κ3) is 2.00. The maximum Gasteiger partial charge on any atom is 0.270 e. The summed E-state index contributed by atoms with van der Waals surface area (Å²) in [5, 5.41) is 10.9. The number of hydrogen-bond acceptors (Lipinski definition) is 3. The summed E-state index contributed by atoms with van der Waals surface area (Å²) in [7, 11) is 0. The van der Waals surface area contributed by atoms with Gasteiger partial charge < -0.3 is 20.7 Å². The van der Waals surface area contributed by atoms with Gasteiger partial charge in [0.1, 0.15) is 5.69 Å². The van der Waals surface area contributed by atoms with Crippen LogP contribution in [-0.4, -0.2) is 40.1 Å². The van der Waals surface area contributed by atoms with Gasteiger partial charge in [0.2, 0.25) is 0 Å². The van der Waals surface area contributed by atoms with Gasteiger partial charge in [-0.05, 0) is 43.0 Å². The number of benzene rings is 1. The number of rotatable bonds is 1. The molecule has 2 aromatic rings. The smallest absolute Gasteiger partial charge is 0.270 e. The highest BCUT2D eigenvalue weighted by Crippen LogP contribution is 2.38. The summed E-state index contributed by atoms with van der Waals surface area (Å²) < 4.78 is 0. The first-order valence-electron chi connectivity index (χ1n) is 7.47. The molecule has 3 unspecified atom stereocenters. The zero-order valence-electron chi connectivity index (χ0n) is 11.7. The molecule has 21 heavy (non-hydrogen) atoms. The molecule has 1 amide bonds. The molecule has 4 N–H and O–H groups in total. The van der Waals surface area contributed by atoms with Gasteiger partial charge in [-0.15, -0.1) is 0 Å². The number of anilines is 1. The molecule has 1 aromatic carbocycles. The van der Waals surface area contributed by atoms with Gasteiger partial charge in [-0.2, -0.15) is 0 Å². The minimum Gasteiger partial charge on any atom is -0.399 e. The summed E-state index contributed by atoms with van der Waals surface area (Å²) in [6.07, 6.45) is 1.66. The number of likely N-dealkylation sites (tertiary alicyclic amines) is 1. The first-order valence-corrected chi connectivity index (χ1v) is 7.47. The van der Waals surface area contributed by atoms with Crippen LogP contribution < -0.4 is 5.73 Å². The second-order valence-corrected chi connectivity index (χ2v) is 6.31. The lowest BCUT2D eigenvalue weighted by Crippen LogP contribution is -2.31. The molecular formula is C16H19N3O2. The summed E-state index contributed by atoms with van der Waals surface area (Å²) in [5.41, 5.74) is 7.99. The van der Waals surface area contributed by atoms with Gasteiger partial charge in [0.05, 0.1) is 6.10 Å². The van der Waals surface area contributed by atoms with Gasteiger partial charge in [0.25, 0.3) is 5.91 Å². The molecular weight excluding hydrogens is 266 g/mol. The molecule has 5 heteroatoms. The maximum absolute atomic E-state index is 12.6. The molecule has 4 rings (SSSR count). The number of nitrogens with zero attached hydrogens (tertiary/aromatic N) is 1. The maximum atomic E-state index is 12.6. The molecule has 0 bridgehead atoms. The van der Waals surface area contributed by atoms with Crippen LogP contribution in [0.5, 0.6) is 0 Å². The molecule has 110 valence electrons. The molecule has 0 radical (unpaired) electrons. The fraction of sp³-hybridized carbons (Fsp3) is 0.438. The highest BCUT2D eigenvalue weighted by molar-refractivity contribution is 5.98. The third-order valence-electron chi connectivity index (χ3n) is 4.98. The predicted molar refractivity (Wildman–Crippen MR) is 80.8 cm³/mol. The van der Waals surface area contributed by atoms with Crippen molar-refractivity contribution in [2.45, 2.75) is 18.9 Å².